The van der Waals surface area contributed by atoms with Crippen molar-refractivity contribution in [3.05, 3.63) is 35.6 Å². The first-order chi connectivity index (χ1) is 9.43. The molecule has 0 aliphatic carbocycles. The summed E-state index contributed by atoms with van der Waals surface area (Å²) in [7, 11) is 4.11. The number of hydrogen-bond acceptors (Lipinski definition) is 2. The van der Waals surface area contributed by atoms with Crippen LogP contribution in [-0.2, 0) is 0 Å². The molecule has 0 saturated heterocycles. The average Bonchev–Trinajstić information content (AvgIpc) is 2.38. The summed E-state index contributed by atoms with van der Waals surface area (Å²) in [5.41, 5.74) is 1.03. The Morgan fingerprint density at radius 1 is 1.25 bits per heavy atom. The molecule has 114 valence electrons. The molecule has 20 heavy (non-hydrogen) atoms. The maximum atomic E-state index is 13.3. The van der Waals surface area contributed by atoms with Crippen LogP contribution in [0, 0.1) is 11.7 Å². The molecule has 3 heteroatoms. The molecule has 0 saturated carbocycles. The zero-order valence-electron chi connectivity index (χ0n) is 13.5. The SMILES string of the molecule is CNC(CCN(C)C(C)CC(C)C)c1cccc(F)c1. The molecule has 1 aromatic rings. The summed E-state index contributed by atoms with van der Waals surface area (Å²) in [6, 6.07) is 7.67. The van der Waals surface area contributed by atoms with Gasteiger partial charge in [-0.2, -0.15) is 0 Å². The lowest BCUT2D eigenvalue weighted by molar-refractivity contribution is 0.218. The van der Waals surface area contributed by atoms with Gasteiger partial charge in [-0.05, 0) is 64.0 Å². The zero-order valence-corrected chi connectivity index (χ0v) is 13.5. The third-order valence-corrected chi connectivity index (χ3v) is 3.93. The molecule has 2 unspecified atom stereocenters. The van der Waals surface area contributed by atoms with E-state index in [4.69, 9.17) is 0 Å². The quantitative estimate of drug-likeness (QED) is 0.778. The van der Waals surface area contributed by atoms with E-state index in [1.165, 1.54) is 12.5 Å². The van der Waals surface area contributed by atoms with Crippen LogP contribution in [0.4, 0.5) is 4.39 Å². The Labute approximate surface area is 123 Å². The summed E-state index contributed by atoms with van der Waals surface area (Å²) in [5.74, 6) is 0.556. The summed E-state index contributed by atoms with van der Waals surface area (Å²) in [6.45, 7) is 7.80. The van der Waals surface area contributed by atoms with E-state index in [1.807, 2.05) is 13.1 Å². The van der Waals surface area contributed by atoms with Crippen molar-refractivity contribution < 1.29 is 4.39 Å². The second kappa shape index (κ2) is 8.38. The summed E-state index contributed by atoms with van der Waals surface area (Å²) in [5, 5.41) is 3.29. The number of rotatable bonds is 8. The standard InChI is InChI=1S/C17H29FN2/c1-13(2)11-14(3)20(5)10-9-17(19-4)15-7-6-8-16(18)12-15/h6-8,12-14,17,19H,9-11H2,1-5H3. The smallest absolute Gasteiger partial charge is 0.123 e. The Hall–Kier alpha value is -0.930. The van der Waals surface area contributed by atoms with Crippen molar-refractivity contribution in [2.75, 3.05) is 20.6 Å². The lowest BCUT2D eigenvalue weighted by Gasteiger charge is -2.28. The molecule has 0 amide bonds. The van der Waals surface area contributed by atoms with E-state index < -0.39 is 0 Å². The molecule has 2 atom stereocenters. The number of hydrogen-bond donors (Lipinski definition) is 1. The minimum absolute atomic E-state index is 0.163. The van der Waals surface area contributed by atoms with Gasteiger partial charge in [-0.25, -0.2) is 4.39 Å². The van der Waals surface area contributed by atoms with Gasteiger partial charge < -0.3 is 10.2 Å². The maximum Gasteiger partial charge on any atom is 0.123 e. The van der Waals surface area contributed by atoms with Crippen molar-refractivity contribution in [3.63, 3.8) is 0 Å². The van der Waals surface area contributed by atoms with Crippen LogP contribution in [0.2, 0.25) is 0 Å². The van der Waals surface area contributed by atoms with Gasteiger partial charge in [0.2, 0.25) is 0 Å². The van der Waals surface area contributed by atoms with Gasteiger partial charge in [0.15, 0.2) is 0 Å². The molecular weight excluding hydrogens is 251 g/mol. The van der Waals surface area contributed by atoms with Gasteiger partial charge in [-0.3, -0.25) is 0 Å². The Morgan fingerprint density at radius 3 is 2.50 bits per heavy atom. The molecule has 0 bridgehead atoms. The van der Waals surface area contributed by atoms with Crippen LogP contribution < -0.4 is 5.32 Å². The molecule has 0 aromatic heterocycles. The van der Waals surface area contributed by atoms with Crippen LogP contribution in [0.3, 0.4) is 0 Å². The Kier molecular flexibility index (Phi) is 7.17. The highest BCUT2D eigenvalue weighted by Gasteiger charge is 2.14. The molecule has 0 heterocycles. The molecular formula is C17H29FN2. The first-order valence-electron chi connectivity index (χ1n) is 7.57. The largest absolute Gasteiger partial charge is 0.313 e. The molecule has 0 fully saturated rings. The van der Waals surface area contributed by atoms with Gasteiger partial charge in [-0.15, -0.1) is 0 Å². The van der Waals surface area contributed by atoms with E-state index >= 15 is 0 Å². The highest BCUT2D eigenvalue weighted by Crippen LogP contribution is 2.19. The van der Waals surface area contributed by atoms with Crippen molar-refractivity contribution >= 4 is 0 Å². The van der Waals surface area contributed by atoms with Crippen molar-refractivity contribution in [3.8, 4) is 0 Å². The summed E-state index contributed by atoms with van der Waals surface area (Å²) >= 11 is 0. The van der Waals surface area contributed by atoms with E-state index in [1.54, 1.807) is 12.1 Å². The van der Waals surface area contributed by atoms with E-state index in [-0.39, 0.29) is 11.9 Å². The normalized spacial score (nSPS) is 14.8. The van der Waals surface area contributed by atoms with Crippen LogP contribution in [0.1, 0.15) is 45.2 Å². The second-order valence-corrected chi connectivity index (χ2v) is 6.14. The monoisotopic (exact) mass is 280 g/mol. The number of nitrogens with one attached hydrogen (secondary N) is 1. The molecule has 0 radical (unpaired) electrons. The highest BCUT2D eigenvalue weighted by molar-refractivity contribution is 5.20. The van der Waals surface area contributed by atoms with E-state index in [0.717, 1.165) is 24.4 Å². The van der Waals surface area contributed by atoms with Crippen molar-refractivity contribution in [2.24, 2.45) is 5.92 Å². The molecule has 0 aliphatic rings. The van der Waals surface area contributed by atoms with Crippen molar-refractivity contribution in [1.82, 2.24) is 10.2 Å². The van der Waals surface area contributed by atoms with Gasteiger partial charge in [0.1, 0.15) is 5.82 Å². The van der Waals surface area contributed by atoms with Crippen LogP contribution in [0.25, 0.3) is 0 Å². The predicted molar refractivity (Wildman–Crippen MR) is 84.4 cm³/mol. The topological polar surface area (TPSA) is 15.3 Å². The lowest BCUT2D eigenvalue weighted by atomic mass is 10.0. The summed E-state index contributed by atoms with van der Waals surface area (Å²) in [6.07, 6.45) is 2.19. The van der Waals surface area contributed by atoms with Crippen molar-refractivity contribution in [2.45, 2.75) is 45.7 Å². The van der Waals surface area contributed by atoms with Gasteiger partial charge in [-0.1, -0.05) is 26.0 Å². The predicted octanol–water partition coefficient (Wildman–Crippen LogP) is 3.84. The first kappa shape index (κ1) is 17.1. The van der Waals surface area contributed by atoms with E-state index in [2.05, 4.69) is 38.0 Å². The Morgan fingerprint density at radius 2 is 1.95 bits per heavy atom. The number of nitrogens with zero attached hydrogens (tertiary/aromatic N) is 1. The number of benzene rings is 1. The molecule has 0 spiro atoms. The minimum atomic E-state index is -0.163. The lowest BCUT2D eigenvalue weighted by Crippen LogP contribution is -2.33. The summed E-state index contributed by atoms with van der Waals surface area (Å²) in [4.78, 5) is 2.39. The molecule has 1 aromatic carbocycles. The summed E-state index contributed by atoms with van der Waals surface area (Å²) < 4.78 is 13.3. The third-order valence-electron chi connectivity index (χ3n) is 3.93. The Balaban J connectivity index is 2.53. The first-order valence-corrected chi connectivity index (χ1v) is 7.57. The van der Waals surface area contributed by atoms with Gasteiger partial charge >= 0.3 is 0 Å². The average molecular weight is 280 g/mol. The van der Waals surface area contributed by atoms with Gasteiger partial charge in [0.05, 0.1) is 0 Å². The van der Waals surface area contributed by atoms with Gasteiger partial charge in [0, 0.05) is 12.1 Å². The fourth-order valence-electron chi connectivity index (χ4n) is 2.62. The third kappa shape index (κ3) is 5.59. The highest BCUT2D eigenvalue weighted by atomic mass is 19.1. The molecule has 1 rings (SSSR count). The number of halogens is 1. The fourth-order valence-corrected chi connectivity index (χ4v) is 2.62. The van der Waals surface area contributed by atoms with Crippen LogP contribution in [0.15, 0.2) is 24.3 Å². The van der Waals surface area contributed by atoms with Gasteiger partial charge in [0.25, 0.3) is 0 Å². The molecule has 0 aliphatic heterocycles. The van der Waals surface area contributed by atoms with E-state index in [0.29, 0.717) is 6.04 Å². The van der Waals surface area contributed by atoms with Crippen LogP contribution >= 0.6 is 0 Å². The van der Waals surface area contributed by atoms with Crippen LogP contribution in [0.5, 0.6) is 0 Å². The molecule has 2 nitrogen and oxygen atoms in total. The second-order valence-electron chi connectivity index (χ2n) is 6.14. The maximum absolute atomic E-state index is 13.3. The van der Waals surface area contributed by atoms with Crippen LogP contribution in [-0.4, -0.2) is 31.6 Å². The van der Waals surface area contributed by atoms with Crippen molar-refractivity contribution in [1.29, 1.82) is 0 Å². The fraction of sp³-hybridized carbons (Fsp3) is 0.647. The molecule has 1 N–H and O–H groups in total. The minimum Gasteiger partial charge on any atom is -0.313 e. The Bertz CT molecular complexity index is 392. The van der Waals surface area contributed by atoms with E-state index in [9.17, 15) is 4.39 Å². The zero-order chi connectivity index (χ0) is 15.1.